The van der Waals surface area contributed by atoms with Crippen LogP contribution in [0.4, 0.5) is 17.1 Å². The summed E-state index contributed by atoms with van der Waals surface area (Å²) < 4.78 is 2.39. The van der Waals surface area contributed by atoms with Crippen molar-refractivity contribution >= 4 is 49.6 Å². The molecule has 2 aliphatic carbocycles. The van der Waals surface area contributed by atoms with Crippen LogP contribution in [0.1, 0.15) is 47.2 Å². The van der Waals surface area contributed by atoms with E-state index < -0.39 is 5.41 Å². The smallest absolute Gasteiger partial charge is 0.0714 e. The summed E-state index contributed by atoms with van der Waals surface area (Å²) in [5.41, 5.74) is 23.9. The highest BCUT2D eigenvalue weighted by atomic mass is 15.1. The van der Waals surface area contributed by atoms with Crippen molar-refractivity contribution in [2.24, 2.45) is 0 Å². The van der Waals surface area contributed by atoms with Crippen molar-refractivity contribution in [2.75, 3.05) is 4.90 Å². The highest BCUT2D eigenvalue weighted by Crippen LogP contribution is 2.60. The van der Waals surface area contributed by atoms with Crippen LogP contribution in [-0.2, 0) is 10.8 Å². The zero-order valence-corrected chi connectivity index (χ0v) is 42.5. The number of hydrogen-bond acceptors (Lipinski definition) is 1. The molecule has 1 aromatic heterocycles. The number of anilines is 3. The van der Waals surface area contributed by atoms with Gasteiger partial charge < -0.3 is 9.47 Å². The predicted molar refractivity (Wildman–Crippen MR) is 319 cm³/mol. The van der Waals surface area contributed by atoms with E-state index in [-0.39, 0.29) is 5.41 Å². The molecule has 0 radical (unpaired) electrons. The van der Waals surface area contributed by atoms with E-state index in [4.69, 9.17) is 0 Å². The maximum atomic E-state index is 2.52. The fourth-order valence-electron chi connectivity index (χ4n) is 13.3. The molecule has 0 amide bonds. The first-order valence-corrected chi connectivity index (χ1v) is 26.6. The van der Waals surface area contributed by atoms with E-state index in [2.05, 4.69) is 302 Å². The van der Waals surface area contributed by atoms with E-state index in [9.17, 15) is 0 Å². The Morgan fingerprint density at radius 2 is 0.842 bits per heavy atom. The van der Waals surface area contributed by atoms with Gasteiger partial charge in [-0.25, -0.2) is 0 Å². The van der Waals surface area contributed by atoms with E-state index in [0.29, 0.717) is 0 Å². The van der Waals surface area contributed by atoms with Crippen LogP contribution in [0.3, 0.4) is 0 Å². The Bertz CT molecular complexity index is 4320. The molecule has 2 heteroatoms. The third kappa shape index (κ3) is 6.53. The first kappa shape index (κ1) is 44.0. The van der Waals surface area contributed by atoms with E-state index >= 15 is 0 Å². The summed E-state index contributed by atoms with van der Waals surface area (Å²) in [7, 11) is 0. The van der Waals surface area contributed by atoms with Crippen LogP contribution >= 0.6 is 0 Å². The van der Waals surface area contributed by atoms with Gasteiger partial charge in [0.2, 0.25) is 0 Å². The fraction of sp³-hybridized carbons (Fsp3) is 0.0541. The van der Waals surface area contributed by atoms with Gasteiger partial charge in [0.1, 0.15) is 0 Å². The van der Waals surface area contributed by atoms with Crippen LogP contribution < -0.4 is 4.90 Å². The second-order valence-electron chi connectivity index (χ2n) is 21.2. The molecule has 0 saturated heterocycles. The zero-order chi connectivity index (χ0) is 50.5. The van der Waals surface area contributed by atoms with Crippen molar-refractivity contribution in [2.45, 2.75) is 24.7 Å². The van der Waals surface area contributed by atoms with E-state index in [1.54, 1.807) is 0 Å². The Kier molecular flexibility index (Phi) is 9.86. The highest BCUT2D eigenvalue weighted by Gasteiger charge is 2.47. The van der Waals surface area contributed by atoms with Gasteiger partial charge in [0.25, 0.3) is 0 Å². The Balaban J connectivity index is 0.884. The zero-order valence-electron chi connectivity index (χ0n) is 42.5. The third-order valence-corrected chi connectivity index (χ3v) is 16.9. The van der Waals surface area contributed by atoms with Gasteiger partial charge in [-0.1, -0.05) is 226 Å². The summed E-state index contributed by atoms with van der Waals surface area (Å²) in [5, 5.41) is 5.05. The Hall–Kier alpha value is -9.50. The molecular weight excluding hydrogens is 917 g/mol. The quantitative estimate of drug-likeness (QED) is 0.147. The number of nitrogens with zero attached hydrogens (tertiary/aromatic N) is 2. The monoisotopic (exact) mass is 968 g/mol. The normalized spacial score (nSPS) is 13.6. The van der Waals surface area contributed by atoms with Crippen LogP contribution in [-0.4, -0.2) is 4.57 Å². The second-order valence-corrected chi connectivity index (χ2v) is 21.2. The Morgan fingerprint density at radius 3 is 1.54 bits per heavy atom. The van der Waals surface area contributed by atoms with Gasteiger partial charge in [-0.15, -0.1) is 0 Å². The molecule has 12 aromatic carbocycles. The number of aromatic nitrogens is 1. The summed E-state index contributed by atoms with van der Waals surface area (Å²) >= 11 is 0. The van der Waals surface area contributed by atoms with Gasteiger partial charge in [0.05, 0.1) is 22.1 Å². The molecule has 0 bridgehead atoms. The first-order valence-electron chi connectivity index (χ1n) is 26.6. The van der Waals surface area contributed by atoms with Gasteiger partial charge >= 0.3 is 0 Å². The summed E-state index contributed by atoms with van der Waals surface area (Å²) in [5.74, 6) is 0. The maximum Gasteiger partial charge on any atom is 0.0714 e. The molecular formula is C74H52N2. The van der Waals surface area contributed by atoms with Crippen molar-refractivity contribution in [1.82, 2.24) is 4.57 Å². The SMILES string of the molecule is CC1(C)c2cc(-c3ccc4ccccc4c3)ccc2-c2ccc(N(c3ccc(-c4ccc(-n5c6ccccc6c6ccccc65)cc4)cc3)c3cccc4c3-c3ccccc3C4(c3ccccc3)c3ccccc3)cc21. The number of benzene rings is 12. The molecule has 15 rings (SSSR count). The highest BCUT2D eigenvalue weighted by molar-refractivity contribution is 6.09. The lowest BCUT2D eigenvalue weighted by molar-refractivity contribution is 0.660. The molecule has 13 aromatic rings. The van der Waals surface area contributed by atoms with Gasteiger partial charge in [0.15, 0.2) is 0 Å². The molecule has 358 valence electrons. The largest absolute Gasteiger partial charge is 0.310 e. The maximum absolute atomic E-state index is 2.52. The summed E-state index contributed by atoms with van der Waals surface area (Å²) in [4.78, 5) is 2.52. The molecule has 0 saturated carbocycles. The van der Waals surface area contributed by atoms with Gasteiger partial charge in [-0.2, -0.15) is 0 Å². The topological polar surface area (TPSA) is 8.17 Å². The summed E-state index contributed by atoms with van der Waals surface area (Å²) in [6.45, 7) is 4.81. The van der Waals surface area contributed by atoms with Crippen molar-refractivity contribution in [1.29, 1.82) is 0 Å². The van der Waals surface area contributed by atoms with Crippen molar-refractivity contribution in [3.8, 4) is 50.2 Å². The van der Waals surface area contributed by atoms with Crippen molar-refractivity contribution in [3.05, 3.63) is 312 Å². The van der Waals surface area contributed by atoms with Crippen LogP contribution in [0.5, 0.6) is 0 Å². The average Bonchev–Trinajstić information content (AvgIpc) is 4.26. The number of hydrogen-bond donors (Lipinski definition) is 0. The minimum atomic E-state index is -0.532. The molecule has 76 heavy (non-hydrogen) atoms. The molecule has 0 aliphatic heterocycles. The molecule has 2 aliphatic rings. The number of rotatable bonds is 8. The minimum absolute atomic E-state index is 0.255. The first-order chi connectivity index (χ1) is 37.4. The lowest BCUT2D eigenvalue weighted by atomic mass is 9.68. The number of para-hydroxylation sites is 2. The van der Waals surface area contributed by atoms with Crippen LogP contribution in [0.15, 0.2) is 279 Å². The Morgan fingerprint density at radius 1 is 0.329 bits per heavy atom. The van der Waals surface area contributed by atoms with Crippen molar-refractivity contribution < 1.29 is 0 Å². The lowest BCUT2D eigenvalue weighted by Gasteiger charge is -2.34. The molecule has 0 N–H and O–H groups in total. The van der Waals surface area contributed by atoms with E-state index in [1.165, 1.54) is 110 Å². The van der Waals surface area contributed by atoms with Crippen LogP contribution in [0, 0.1) is 0 Å². The fourth-order valence-corrected chi connectivity index (χ4v) is 13.3. The van der Waals surface area contributed by atoms with Gasteiger partial charge in [0, 0.05) is 38.8 Å². The Labute approximate surface area is 444 Å². The second kappa shape index (κ2) is 17.0. The lowest BCUT2D eigenvalue weighted by Crippen LogP contribution is -2.28. The molecule has 1 heterocycles. The minimum Gasteiger partial charge on any atom is -0.310 e. The molecule has 0 unspecified atom stereocenters. The molecule has 0 fully saturated rings. The molecule has 0 spiro atoms. The third-order valence-electron chi connectivity index (χ3n) is 16.9. The number of fused-ring (bicyclic) bond motifs is 10. The molecule has 0 atom stereocenters. The van der Waals surface area contributed by atoms with E-state index in [1.807, 2.05) is 0 Å². The van der Waals surface area contributed by atoms with Gasteiger partial charge in [-0.05, 0) is 150 Å². The average molecular weight is 969 g/mol. The molecule has 2 nitrogen and oxygen atoms in total. The standard InChI is InChI=1S/C74H52N2/c1-73(2)67-47-54(53-33-32-49-18-9-10-19-52(49)46-53)38-44-60(67)61-45-43-59(48-68(61)73)75(57-39-34-50(35-40-57)51-36-41-58(42-37-51)76-69-29-15-12-24-62(69)63-25-13-16-30-70(63)76)71-31-17-28-66-72(71)64-26-11-14-27-65(64)74(66,55-20-5-3-6-21-55)56-22-7-4-8-23-56/h3-48H,1-2H3. The summed E-state index contributed by atoms with van der Waals surface area (Å²) in [6.07, 6.45) is 0. The van der Waals surface area contributed by atoms with Gasteiger partial charge in [-0.3, -0.25) is 0 Å². The van der Waals surface area contributed by atoms with Crippen LogP contribution in [0.25, 0.3) is 82.8 Å². The van der Waals surface area contributed by atoms with Crippen molar-refractivity contribution in [3.63, 3.8) is 0 Å². The predicted octanol–water partition coefficient (Wildman–Crippen LogP) is 19.4. The van der Waals surface area contributed by atoms with Crippen LogP contribution in [0.2, 0.25) is 0 Å². The summed E-state index contributed by atoms with van der Waals surface area (Å²) in [6, 6.07) is 104. The van der Waals surface area contributed by atoms with E-state index in [0.717, 1.165) is 22.7 Å².